The maximum absolute atomic E-state index is 12.9. The molecule has 22 heavy (non-hydrogen) atoms. The average Bonchev–Trinajstić information content (AvgIpc) is 3.18. The molecule has 0 aliphatic heterocycles. The second kappa shape index (κ2) is 5.85. The number of H-pyrrole nitrogens is 1. The Kier molecular flexibility index (Phi) is 4.05. The molecule has 0 amide bonds. The van der Waals surface area contributed by atoms with Crippen molar-refractivity contribution >= 4 is 10.0 Å². The molecule has 120 valence electrons. The highest BCUT2D eigenvalue weighted by Gasteiger charge is 2.31. The van der Waals surface area contributed by atoms with Crippen molar-refractivity contribution in [2.45, 2.75) is 43.0 Å². The van der Waals surface area contributed by atoms with E-state index in [0.29, 0.717) is 4.90 Å². The van der Waals surface area contributed by atoms with Crippen LogP contribution in [0.5, 0.6) is 0 Å². The lowest BCUT2D eigenvalue weighted by atomic mass is 10.1. The first-order valence-electron chi connectivity index (χ1n) is 7.46. The number of nitrogens with one attached hydrogen (secondary N) is 1. The van der Waals surface area contributed by atoms with Crippen molar-refractivity contribution < 1.29 is 8.42 Å². The van der Waals surface area contributed by atoms with Gasteiger partial charge in [-0.3, -0.25) is 9.78 Å². The molecule has 1 fully saturated rings. The van der Waals surface area contributed by atoms with Gasteiger partial charge in [0.1, 0.15) is 4.90 Å². The summed E-state index contributed by atoms with van der Waals surface area (Å²) in [7, 11) is -0.205. The molecule has 1 aliphatic rings. The molecular formula is C14H21N5O2S. The van der Waals surface area contributed by atoms with Crippen LogP contribution in [0.2, 0.25) is 0 Å². The first-order valence-corrected chi connectivity index (χ1v) is 8.90. The van der Waals surface area contributed by atoms with E-state index >= 15 is 0 Å². The third-order valence-corrected chi connectivity index (χ3v) is 6.02. The maximum Gasteiger partial charge on any atom is 0.246 e. The van der Waals surface area contributed by atoms with Gasteiger partial charge in [-0.2, -0.15) is 14.5 Å². The largest absolute Gasteiger partial charge is 0.281 e. The van der Waals surface area contributed by atoms with Gasteiger partial charge in [0.15, 0.2) is 0 Å². The first kappa shape index (κ1) is 15.2. The van der Waals surface area contributed by atoms with Crippen molar-refractivity contribution in [3.63, 3.8) is 0 Å². The molecule has 2 aromatic rings. The monoisotopic (exact) mass is 323 g/mol. The summed E-state index contributed by atoms with van der Waals surface area (Å²) in [5.41, 5.74) is 1.48. The highest BCUT2D eigenvalue weighted by atomic mass is 32.2. The van der Waals surface area contributed by atoms with Crippen LogP contribution in [0.1, 0.15) is 43.0 Å². The molecule has 1 N–H and O–H groups in total. The van der Waals surface area contributed by atoms with Crippen LogP contribution >= 0.6 is 0 Å². The fourth-order valence-corrected chi connectivity index (χ4v) is 4.43. The number of hydrogen-bond acceptors (Lipinski definition) is 4. The summed E-state index contributed by atoms with van der Waals surface area (Å²) < 4.78 is 28.7. The third-order valence-electron chi connectivity index (χ3n) is 4.20. The molecule has 0 saturated heterocycles. The Labute approximate surface area is 130 Å². The van der Waals surface area contributed by atoms with Gasteiger partial charge in [0.25, 0.3) is 0 Å². The van der Waals surface area contributed by atoms with Crippen LogP contribution in [0.25, 0.3) is 0 Å². The molecule has 8 heteroatoms. The Morgan fingerprint density at radius 2 is 2.14 bits per heavy atom. The summed E-state index contributed by atoms with van der Waals surface area (Å²) in [6.07, 6.45) is 7.55. The zero-order valence-corrected chi connectivity index (χ0v) is 13.7. The van der Waals surface area contributed by atoms with E-state index in [4.69, 9.17) is 0 Å². The van der Waals surface area contributed by atoms with Gasteiger partial charge in [0, 0.05) is 32.4 Å². The molecule has 1 saturated carbocycles. The van der Waals surface area contributed by atoms with Crippen molar-refractivity contribution in [2.24, 2.45) is 7.05 Å². The van der Waals surface area contributed by atoms with Crippen LogP contribution in [0.15, 0.2) is 23.4 Å². The quantitative estimate of drug-likeness (QED) is 0.906. The van der Waals surface area contributed by atoms with E-state index in [1.165, 1.54) is 4.31 Å². The highest BCUT2D eigenvalue weighted by molar-refractivity contribution is 7.89. The predicted octanol–water partition coefficient (Wildman–Crippen LogP) is 1.62. The van der Waals surface area contributed by atoms with E-state index < -0.39 is 10.0 Å². The molecule has 3 rings (SSSR count). The first-order chi connectivity index (χ1) is 10.5. The normalized spacial score (nSPS) is 16.7. The van der Waals surface area contributed by atoms with E-state index in [2.05, 4.69) is 15.3 Å². The van der Waals surface area contributed by atoms with Crippen LogP contribution < -0.4 is 0 Å². The Balaban J connectivity index is 1.91. The fourth-order valence-electron chi connectivity index (χ4n) is 3.03. The number of nitrogens with zero attached hydrogens (tertiary/aromatic N) is 4. The smallest absolute Gasteiger partial charge is 0.246 e. The van der Waals surface area contributed by atoms with Gasteiger partial charge in [0.2, 0.25) is 10.0 Å². The molecule has 0 aromatic carbocycles. The minimum Gasteiger partial charge on any atom is -0.281 e. The molecular weight excluding hydrogens is 302 g/mol. The maximum atomic E-state index is 12.9. The average molecular weight is 323 g/mol. The molecule has 0 bridgehead atoms. The lowest BCUT2D eigenvalue weighted by molar-refractivity contribution is 0.460. The van der Waals surface area contributed by atoms with Gasteiger partial charge >= 0.3 is 0 Å². The minimum absolute atomic E-state index is 0.256. The Morgan fingerprint density at radius 3 is 2.77 bits per heavy atom. The van der Waals surface area contributed by atoms with Crippen molar-refractivity contribution in [3.8, 4) is 0 Å². The minimum atomic E-state index is -3.56. The highest BCUT2D eigenvalue weighted by Crippen LogP contribution is 2.36. The van der Waals surface area contributed by atoms with Gasteiger partial charge in [-0.15, -0.1) is 0 Å². The van der Waals surface area contributed by atoms with Crippen LogP contribution in [0, 0.1) is 0 Å². The summed E-state index contributed by atoms with van der Waals surface area (Å²) in [5, 5.41) is 11.1. The number of aromatic amines is 1. The van der Waals surface area contributed by atoms with Gasteiger partial charge in [-0.25, -0.2) is 8.42 Å². The summed E-state index contributed by atoms with van der Waals surface area (Å²) in [4.78, 5) is 0.337. The summed E-state index contributed by atoms with van der Waals surface area (Å²) >= 11 is 0. The van der Waals surface area contributed by atoms with Crippen LogP contribution in [-0.4, -0.2) is 39.7 Å². The molecule has 0 radical (unpaired) electrons. The van der Waals surface area contributed by atoms with Crippen molar-refractivity contribution in [3.05, 3.63) is 29.8 Å². The second-order valence-corrected chi connectivity index (χ2v) is 7.89. The fraction of sp³-hybridized carbons (Fsp3) is 0.571. The molecule has 2 heterocycles. The van der Waals surface area contributed by atoms with E-state index in [1.54, 1.807) is 37.2 Å². The van der Waals surface area contributed by atoms with Gasteiger partial charge in [-0.1, -0.05) is 12.8 Å². The summed E-state index contributed by atoms with van der Waals surface area (Å²) in [6, 6.07) is 1.77. The van der Waals surface area contributed by atoms with E-state index in [-0.39, 0.29) is 12.5 Å². The molecule has 2 aromatic heterocycles. The van der Waals surface area contributed by atoms with E-state index in [0.717, 1.165) is 37.1 Å². The van der Waals surface area contributed by atoms with E-state index in [1.807, 2.05) is 0 Å². The third kappa shape index (κ3) is 2.80. The SMILES string of the molecule is CN(Cc1ccn[nH]1)S(=O)(=O)c1cn(C)nc1C1CCCC1. The topological polar surface area (TPSA) is 83.9 Å². The van der Waals surface area contributed by atoms with Gasteiger partial charge in [-0.05, 0) is 18.9 Å². The molecule has 0 unspecified atom stereocenters. The zero-order chi connectivity index (χ0) is 15.7. The lowest BCUT2D eigenvalue weighted by Gasteiger charge is -2.17. The standard InChI is InChI=1S/C14H21N5O2S/c1-18-10-13(14(17-18)11-5-3-4-6-11)22(20,21)19(2)9-12-7-8-15-16-12/h7-8,10-11H,3-6,9H2,1-2H3,(H,15,16). The summed E-state index contributed by atoms with van der Waals surface area (Å²) in [5.74, 6) is 0.256. The van der Waals surface area contributed by atoms with Crippen LogP contribution in [-0.2, 0) is 23.6 Å². The lowest BCUT2D eigenvalue weighted by Crippen LogP contribution is -2.27. The van der Waals surface area contributed by atoms with Gasteiger partial charge < -0.3 is 0 Å². The Bertz CT molecular complexity index is 729. The second-order valence-electron chi connectivity index (χ2n) is 5.88. The van der Waals surface area contributed by atoms with Crippen molar-refractivity contribution in [2.75, 3.05) is 7.05 Å². The number of rotatable bonds is 5. The van der Waals surface area contributed by atoms with Gasteiger partial charge in [0.05, 0.1) is 17.9 Å². The molecule has 0 spiro atoms. The summed E-state index contributed by atoms with van der Waals surface area (Å²) in [6.45, 7) is 0.265. The van der Waals surface area contributed by atoms with Crippen molar-refractivity contribution in [1.82, 2.24) is 24.3 Å². The number of aryl methyl sites for hydroxylation is 1. The zero-order valence-electron chi connectivity index (χ0n) is 12.9. The van der Waals surface area contributed by atoms with Crippen LogP contribution in [0.4, 0.5) is 0 Å². The van der Waals surface area contributed by atoms with E-state index in [9.17, 15) is 8.42 Å². The Hall–Kier alpha value is -1.67. The van der Waals surface area contributed by atoms with Crippen molar-refractivity contribution in [1.29, 1.82) is 0 Å². The predicted molar refractivity (Wildman–Crippen MR) is 81.7 cm³/mol. The number of hydrogen-bond donors (Lipinski definition) is 1. The molecule has 0 atom stereocenters. The molecule has 7 nitrogen and oxygen atoms in total. The Morgan fingerprint density at radius 1 is 1.41 bits per heavy atom. The molecule has 1 aliphatic carbocycles. The number of aromatic nitrogens is 4. The van der Waals surface area contributed by atoms with Crippen LogP contribution in [0.3, 0.4) is 0 Å². The number of sulfonamides is 1.